The molecular weight excluding hydrogens is 568 g/mol. The van der Waals surface area contributed by atoms with Crippen LogP contribution in [0.2, 0.25) is 5.02 Å². The summed E-state index contributed by atoms with van der Waals surface area (Å²) in [6.45, 7) is 2.97. The van der Waals surface area contributed by atoms with Crippen molar-refractivity contribution in [3.63, 3.8) is 0 Å². The Morgan fingerprint density at radius 3 is 1.95 bits per heavy atom. The zero-order chi connectivity index (χ0) is 28.7. The van der Waals surface area contributed by atoms with E-state index in [1.807, 2.05) is 24.3 Å². The summed E-state index contributed by atoms with van der Waals surface area (Å²) in [6.07, 6.45) is 0. The van der Waals surface area contributed by atoms with Crippen molar-refractivity contribution in [2.45, 2.75) is 16.0 Å². The molecule has 4 aromatic carbocycles. The van der Waals surface area contributed by atoms with Gasteiger partial charge in [0, 0.05) is 36.6 Å². The zero-order valence-corrected chi connectivity index (χ0v) is 24.2. The summed E-state index contributed by atoms with van der Waals surface area (Å²) >= 11 is 6.44. The van der Waals surface area contributed by atoms with Gasteiger partial charge in [0.05, 0.1) is 16.5 Å². The predicted octanol–water partition coefficient (Wildman–Crippen LogP) is 5.68. The quantitative estimate of drug-likeness (QED) is 0.245. The number of aromatic nitrogens is 4. The van der Waals surface area contributed by atoms with Gasteiger partial charge in [-0.15, -0.1) is 5.10 Å². The monoisotopic (exact) mass is 594 g/mol. The molecule has 0 saturated carbocycles. The van der Waals surface area contributed by atoms with Crippen molar-refractivity contribution in [1.29, 1.82) is 0 Å². The minimum atomic E-state index is -3.94. The second kappa shape index (κ2) is 10.8. The Labute approximate surface area is 248 Å². The molecule has 10 heteroatoms. The number of fused-ring (bicyclic) bond motifs is 3. The number of hydrogen-bond acceptors (Lipinski definition) is 7. The summed E-state index contributed by atoms with van der Waals surface area (Å²) in [4.78, 5) is 9.75. The molecule has 210 valence electrons. The zero-order valence-electron chi connectivity index (χ0n) is 22.6. The summed E-state index contributed by atoms with van der Waals surface area (Å²) < 4.78 is 28.6. The summed E-state index contributed by atoms with van der Waals surface area (Å²) in [5.41, 5.74) is 3.37. The number of nitrogens with zero attached hydrogens (tertiary/aromatic N) is 6. The summed E-state index contributed by atoms with van der Waals surface area (Å²) in [6, 6.07) is 34.9. The topological polar surface area (TPSA) is 83.7 Å². The van der Waals surface area contributed by atoms with Crippen LogP contribution in [0, 0.1) is 0 Å². The third-order valence-electron chi connectivity index (χ3n) is 7.77. The average Bonchev–Trinajstić information content (AvgIpc) is 3.48. The Hall–Kier alpha value is -4.31. The first kappa shape index (κ1) is 26.6. The van der Waals surface area contributed by atoms with Crippen molar-refractivity contribution in [1.82, 2.24) is 24.7 Å². The lowest BCUT2D eigenvalue weighted by Gasteiger charge is -2.40. The molecule has 6 aromatic rings. The molecular formula is C32H27ClN6O2S. The highest BCUT2D eigenvalue weighted by molar-refractivity contribution is 7.91. The molecule has 1 aliphatic rings. The molecule has 0 amide bonds. The number of sulfone groups is 1. The van der Waals surface area contributed by atoms with Gasteiger partial charge in [-0.3, -0.25) is 4.90 Å². The van der Waals surface area contributed by atoms with E-state index >= 15 is 0 Å². The average molecular weight is 595 g/mol. The lowest BCUT2D eigenvalue weighted by molar-refractivity contribution is 0.212. The first-order chi connectivity index (χ1) is 20.5. The fourth-order valence-corrected chi connectivity index (χ4v) is 7.18. The number of benzene rings is 4. The third kappa shape index (κ3) is 4.69. The lowest BCUT2D eigenvalue weighted by atomic mass is 9.96. The molecule has 3 heterocycles. The highest BCUT2D eigenvalue weighted by Gasteiger charge is 2.30. The number of piperazine rings is 1. The fraction of sp³-hybridized carbons (Fsp3) is 0.156. The van der Waals surface area contributed by atoms with Gasteiger partial charge in [0.1, 0.15) is 5.82 Å². The Kier molecular flexibility index (Phi) is 6.85. The van der Waals surface area contributed by atoms with Crippen molar-refractivity contribution in [3.05, 3.63) is 125 Å². The molecule has 2 aromatic heterocycles. The molecule has 0 N–H and O–H groups in total. The molecule has 0 spiro atoms. The summed E-state index contributed by atoms with van der Waals surface area (Å²) in [5, 5.41) is 9.51. The number of anilines is 1. The van der Waals surface area contributed by atoms with Crippen molar-refractivity contribution in [2.75, 3.05) is 31.1 Å². The predicted molar refractivity (Wildman–Crippen MR) is 164 cm³/mol. The number of halogens is 1. The fourth-order valence-electron chi connectivity index (χ4n) is 5.76. The molecule has 0 aliphatic carbocycles. The van der Waals surface area contributed by atoms with Crippen molar-refractivity contribution in [3.8, 4) is 0 Å². The molecule has 0 radical (unpaired) electrons. The standard InChI is InChI=1S/C32H27ClN6O2S/c33-25-16-17-28-27(22-25)30(34-31-32(35-36-39(28)31)42(40,41)26-14-8-3-9-15-26)38-20-18-37(19-21-38)29(23-10-4-1-5-11-23)24-12-6-2-7-13-24/h1-17,22,29H,18-21H2. The van der Waals surface area contributed by atoms with Gasteiger partial charge >= 0.3 is 0 Å². The first-order valence-electron chi connectivity index (χ1n) is 13.7. The Balaban J connectivity index is 1.28. The lowest BCUT2D eigenvalue weighted by Crippen LogP contribution is -2.48. The number of rotatable bonds is 6. The molecule has 1 saturated heterocycles. The van der Waals surface area contributed by atoms with Crippen LogP contribution in [0.25, 0.3) is 16.6 Å². The summed E-state index contributed by atoms with van der Waals surface area (Å²) in [5.74, 6) is 0.669. The van der Waals surface area contributed by atoms with Gasteiger partial charge in [0.25, 0.3) is 0 Å². The molecule has 1 aliphatic heterocycles. The van der Waals surface area contributed by atoms with Gasteiger partial charge < -0.3 is 4.90 Å². The van der Waals surface area contributed by atoms with Crippen molar-refractivity contribution >= 4 is 43.8 Å². The highest BCUT2D eigenvalue weighted by Crippen LogP contribution is 2.34. The van der Waals surface area contributed by atoms with E-state index in [9.17, 15) is 8.42 Å². The van der Waals surface area contributed by atoms with Gasteiger partial charge in [0.15, 0.2) is 5.65 Å². The highest BCUT2D eigenvalue weighted by atomic mass is 35.5. The molecule has 0 unspecified atom stereocenters. The van der Waals surface area contributed by atoms with Crippen LogP contribution in [-0.4, -0.2) is 59.3 Å². The smallest absolute Gasteiger partial charge is 0.229 e. The maximum absolute atomic E-state index is 13.6. The van der Waals surface area contributed by atoms with Crippen LogP contribution in [0.3, 0.4) is 0 Å². The van der Waals surface area contributed by atoms with E-state index in [1.165, 1.54) is 15.6 Å². The molecule has 0 bridgehead atoms. The van der Waals surface area contributed by atoms with Crippen molar-refractivity contribution in [2.24, 2.45) is 0 Å². The van der Waals surface area contributed by atoms with E-state index in [4.69, 9.17) is 16.6 Å². The van der Waals surface area contributed by atoms with E-state index < -0.39 is 9.84 Å². The molecule has 42 heavy (non-hydrogen) atoms. The normalized spacial score (nSPS) is 14.7. The largest absolute Gasteiger partial charge is 0.353 e. The molecule has 8 nitrogen and oxygen atoms in total. The Morgan fingerprint density at radius 2 is 1.33 bits per heavy atom. The second-order valence-corrected chi connectivity index (χ2v) is 12.6. The van der Waals surface area contributed by atoms with Crippen molar-refractivity contribution < 1.29 is 8.42 Å². The van der Waals surface area contributed by atoms with Crippen LogP contribution in [0.5, 0.6) is 0 Å². The van der Waals surface area contributed by atoms with E-state index in [2.05, 4.69) is 68.6 Å². The summed E-state index contributed by atoms with van der Waals surface area (Å²) in [7, 11) is -3.94. The SMILES string of the molecule is O=S(=O)(c1ccccc1)c1nnn2c1nc(N1CCN(C(c3ccccc3)c3ccccc3)CC1)c1cc(Cl)ccc12. The minimum absolute atomic E-state index is 0.123. The van der Waals surface area contributed by atoms with Crippen LogP contribution >= 0.6 is 11.6 Å². The van der Waals surface area contributed by atoms with Crippen LogP contribution in [0.4, 0.5) is 5.82 Å². The molecule has 7 rings (SSSR count). The van der Waals surface area contributed by atoms with Gasteiger partial charge in [-0.05, 0) is 41.5 Å². The van der Waals surface area contributed by atoms with Crippen LogP contribution < -0.4 is 4.90 Å². The van der Waals surface area contributed by atoms with Gasteiger partial charge in [-0.1, -0.05) is 95.7 Å². The van der Waals surface area contributed by atoms with Crippen LogP contribution in [-0.2, 0) is 9.84 Å². The van der Waals surface area contributed by atoms with Gasteiger partial charge in [0.2, 0.25) is 14.9 Å². The minimum Gasteiger partial charge on any atom is -0.353 e. The third-order valence-corrected chi connectivity index (χ3v) is 9.68. The van der Waals surface area contributed by atoms with E-state index in [0.29, 0.717) is 29.4 Å². The van der Waals surface area contributed by atoms with Gasteiger partial charge in [-0.25, -0.2) is 13.4 Å². The molecule has 1 fully saturated rings. The van der Waals surface area contributed by atoms with Crippen LogP contribution in [0.1, 0.15) is 17.2 Å². The number of hydrogen-bond donors (Lipinski definition) is 0. The maximum atomic E-state index is 13.6. The Morgan fingerprint density at radius 1 is 0.738 bits per heavy atom. The Bertz CT molecular complexity index is 1940. The van der Waals surface area contributed by atoms with Crippen LogP contribution in [0.15, 0.2) is 119 Å². The van der Waals surface area contributed by atoms with Gasteiger partial charge in [-0.2, -0.15) is 4.52 Å². The van der Waals surface area contributed by atoms with E-state index in [-0.39, 0.29) is 21.6 Å². The second-order valence-electron chi connectivity index (χ2n) is 10.3. The first-order valence-corrected chi connectivity index (χ1v) is 15.6. The van der Waals surface area contributed by atoms with E-state index in [0.717, 1.165) is 18.5 Å². The molecule has 0 atom stereocenters. The van der Waals surface area contributed by atoms with E-state index in [1.54, 1.807) is 36.4 Å². The maximum Gasteiger partial charge on any atom is 0.229 e.